The van der Waals surface area contributed by atoms with Gasteiger partial charge >= 0.3 is 5.97 Å². The lowest BCUT2D eigenvalue weighted by molar-refractivity contribution is -0.139. The van der Waals surface area contributed by atoms with Crippen LogP contribution in [-0.2, 0) is 14.8 Å². The van der Waals surface area contributed by atoms with Gasteiger partial charge < -0.3 is 5.11 Å². The molecule has 2 rings (SSSR count). The molecule has 1 atom stereocenters. The third-order valence-corrected chi connectivity index (χ3v) is 5.72. The third-order valence-electron chi connectivity index (χ3n) is 4.19. The number of nitriles is 1. The van der Waals surface area contributed by atoms with Crippen LogP contribution in [0.25, 0.3) is 0 Å². The Hall–Kier alpha value is -1.91. The summed E-state index contributed by atoms with van der Waals surface area (Å²) in [5.74, 6) is -1.62. The van der Waals surface area contributed by atoms with Gasteiger partial charge in [0, 0.05) is 0 Å². The third kappa shape index (κ3) is 4.53. The summed E-state index contributed by atoms with van der Waals surface area (Å²) in [5.41, 5.74) is -0.553. The van der Waals surface area contributed by atoms with Crippen molar-refractivity contribution in [3.05, 3.63) is 35.9 Å². The minimum atomic E-state index is -3.90. The summed E-state index contributed by atoms with van der Waals surface area (Å²) >= 11 is 0. The highest BCUT2D eigenvalue weighted by atomic mass is 32.2. The van der Waals surface area contributed by atoms with Crippen LogP contribution in [0.15, 0.2) is 30.3 Å². The van der Waals surface area contributed by atoms with Crippen molar-refractivity contribution in [1.82, 2.24) is 4.72 Å². The molecule has 0 bridgehead atoms. The molecule has 0 unspecified atom stereocenters. The summed E-state index contributed by atoms with van der Waals surface area (Å²) in [6.45, 7) is 0. The van der Waals surface area contributed by atoms with Crippen LogP contribution in [0.4, 0.5) is 0 Å². The van der Waals surface area contributed by atoms with Gasteiger partial charge in [0.1, 0.15) is 6.04 Å². The van der Waals surface area contributed by atoms with Crippen LogP contribution in [0.2, 0.25) is 0 Å². The molecule has 7 heteroatoms. The van der Waals surface area contributed by atoms with Crippen LogP contribution in [-0.4, -0.2) is 25.2 Å². The number of hydrogen-bond donors (Lipinski definition) is 2. The van der Waals surface area contributed by atoms with E-state index in [1.165, 1.54) is 0 Å². The normalized spacial score (nSPS) is 18.7. The summed E-state index contributed by atoms with van der Waals surface area (Å²) in [7, 11) is -3.90. The molecule has 0 aliphatic heterocycles. The average Bonchev–Trinajstić information content (AvgIpc) is 2.54. The van der Waals surface area contributed by atoms with Crippen molar-refractivity contribution in [2.24, 2.45) is 5.41 Å². The topological polar surface area (TPSA) is 107 Å². The number of hydrogen-bond acceptors (Lipinski definition) is 4. The van der Waals surface area contributed by atoms with Gasteiger partial charge in [-0.15, -0.1) is 0 Å². The van der Waals surface area contributed by atoms with Crippen molar-refractivity contribution in [3.63, 3.8) is 0 Å². The number of aliphatic carboxylic acids is 1. The number of nitrogens with zero attached hydrogens (tertiary/aromatic N) is 1. The summed E-state index contributed by atoms with van der Waals surface area (Å²) in [5, 5.41) is 18.7. The quantitative estimate of drug-likeness (QED) is 0.828. The molecule has 1 fully saturated rings. The first-order chi connectivity index (χ1) is 10.9. The van der Waals surface area contributed by atoms with Gasteiger partial charge in [-0.1, -0.05) is 49.6 Å². The zero-order valence-corrected chi connectivity index (χ0v) is 13.6. The molecule has 124 valence electrons. The van der Waals surface area contributed by atoms with E-state index in [2.05, 4.69) is 10.8 Å². The second kappa shape index (κ2) is 7.11. The van der Waals surface area contributed by atoms with Crippen molar-refractivity contribution in [2.45, 2.75) is 38.1 Å². The number of carboxylic acids is 1. The fourth-order valence-electron chi connectivity index (χ4n) is 3.01. The van der Waals surface area contributed by atoms with Crippen LogP contribution < -0.4 is 4.72 Å². The van der Waals surface area contributed by atoms with Crippen LogP contribution in [0.1, 0.15) is 43.7 Å². The smallest absolute Gasteiger partial charge is 0.326 e. The maximum Gasteiger partial charge on any atom is 0.326 e. The molecule has 0 saturated heterocycles. The highest BCUT2D eigenvalue weighted by molar-refractivity contribution is 7.89. The number of carbonyl (C=O) groups is 1. The molecule has 0 radical (unpaired) electrons. The molecule has 6 nitrogen and oxygen atoms in total. The first-order valence-electron chi connectivity index (χ1n) is 7.56. The van der Waals surface area contributed by atoms with Crippen LogP contribution >= 0.6 is 0 Å². The van der Waals surface area contributed by atoms with Gasteiger partial charge in [-0.3, -0.25) is 4.79 Å². The van der Waals surface area contributed by atoms with E-state index in [1.54, 1.807) is 30.3 Å². The molecular formula is C16H20N2O4S. The van der Waals surface area contributed by atoms with E-state index in [4.69, 9.17) is 0 Å². The van der Waals surface area contributed by atoms with Crippen molar-refractivity contribution < 1.29 is 18.3 Å². The number of rotatable bonds is 6. The zero-order valence-electron chi connectivity index (χ0n) is 12.7. The van der Waals surface area contributed by atoms with Crippen LogP contribution in [0.3, 0.4) is 0 Å². The fourth-order valence-corrected chi connectivity index (χ4v) is 4.77. The lowest BCUT2D eigenvalue weighted by atomic mass is 9.77. The van der Waals surface area contributed by atoms with Crippen molar-refractivity contribution in [3.8, 4) is 6.07 Å². The molecule has 1 saturated carbocycles. The first kappa shape index (κ1) is 17.4. The lowest BCUT2D eigenvalue weighted by Crippen LogP contribution is -2.41. The Morgan fingerprint density at radius 2 is 1.87 bits per heavy atom. The summed E-state index contributed by atoms with van der Waals surface area (Å²) < 4.78 is 27.1. The largest absolute Gasteiger partial charge is 0.480 e. The Kier molecular flexibility index (Phi) is 5.39. The Bertz CT molecular complexity index is 689. The Morgan fingerprint density at radius 3 is 2.39 bits per heavy atom. The molecule has 1 aromatic carbocycles. The molecule has 1 aliphatic rings. The van der Waals surface area contributed by atoms with Gasteiger partial charge in [-0.25, -0.2) is 8.42 Å². The molecule has 0 heterocycles. The van der Waals surface area contributed by atoms with Crippen molar-refractivity contribution in [2.75, 3.05) is 5.75 Å². The molecule has 0 aromatic heterocycles. The predicted molar refractivity (Wildman–Crippen MR) is 84.9 cm³/mol. The van der Waals surface area contributed by atoms with Crippen molar-refractivity contribution >= 4 is 16.0 Å². The van der Waals surface area contributed by atoms with E-state index in [-0.39, 0.29) is 5.75 Å². The Morgan fingerprint density at radius 1 is 1.26 bits per heavy atom. The fraction of sp³-hybridized carbons (Fsp3) is 0.500. The van der Waals surface area contributed by atoms with Gasteiger partial charge in [-0.05, 0) is 18.4 Å². The SMILES string of the molecule is N#CC1(CS(=O)(=O)N[C@@H](C(=O)O)c2ccccc2)CCCCC1. The molecule has 1 aliphatic carbocycles. The molecule has 23 heavy (non-hydrogen) atoms. The Balaban J connectivity index is 2.18. The zero-order chi connectivity index (χ0) is 16.9. The minimum Gasteiger partial charge on any atom is -0.480 e. The summed E-state index contributed by atoms with van der Waals surface area (Å²) in [6, 6.07) is 8.94. The summed E-state index contributed by atoms with van der Waals surface area (Å²) in [6.07, 6.45) is 3.72. The monoisotopic (exact) mass is 336 g/mol. The standard InChI is InChI=1S/C16H20N2O4S/c17-11-16(9-5-2-6-10-16)12-23(21,22)18-14(15(19)20)13-7-3-1-4-8-13/h1,3-4,7-8,14,18H,2,5-6,9-10,12H2,(H,19,20)/t14-/m1/s1. The Labute approximate surface area is 136 Å². The van der Waals surface area contributed by atoms with Crippen LogP contribution in [0.5, 0.6) is 0 Å². The minimum absolute atomic E-state index is 0.354. The second-order valence-electron chi connectivity index (χ2n) is 6.01. The number of nitrogens with one attached hydrogen (secondary N) is 1. The first-order valence-corrected chi connectivity index (χ1v) is 9.22. The van der Waals surface area contributed by atoms with E-state index in [1.807, 2.05) is 0 Å². The maximum absolute atomic E-state index is 12.4. The van der Waals surface area contributed by atoms with E-state index in [0.717, 1.165) is 19.3 Å². The average molecular weight is 336 g/mol. The highest BCUT2D eigenvalue weighted by Gasteiger charge is 2.38. The molecule has 0 amide bonds. The highest BCUT2D eigenvalue weighted by Crippen LogP contribution is 2.37. The van der Waals surface area contributed by atoms with Gasteiger partial charge in [0.2, 0.25) is 10.0 Å². The van der Waals surface area contributed by atoms with Gasteiger partial charge in [0.05, 0.1) is 17.2 Å². The molecular weight excluding hydrogens is 316 g/mol. The van der Waals surface area contributed by atoms with E-state index < -0.39 is 27.4 Å². The van der Waals surface area contributed by atoms with Crippen LogP contribution in [0, 0.1) is 16.7 Å². The maximum atomic E-state index is 12.4. The summed E-state index contributed by atoms with van der Waals surface area (Å²) in [4.78, 5) is 11.4. The van der Waals surface area contributed by atoms with E-state index in [9.17, 15) is 23.6 Å². The van der Waals surface area contributed by atoms with Crippen molar-refractivity contribution in [1.29, 1.82) is 5.26 Å². The molecule has 0 spiro atoms. The van der Waals surface area contributed by atoms with Gasteiger partial charge in [0.15, 0.2) is 0 Å². The predicted octanol–water partition coefficient (Wildman–Crippen LogP) is 2.21. The molecule has 1 aromatic rings. The lowest BCUT2D eigenvalue weighted by Gasteiger charge is -2.30. The van der Waals surface area contributed by atoms with Gasteiger partial charge in [-0.2, -0.15) is 9.98 Å². The van der Waals surface area contributed by atoms with Gasteiger partial charge in [0.25, 0.3) is 0 Å². The van der Waals surface area contributed by atoms with E-state index in [0.29, 0.717) is 18.4 Å². The number of carboxylic acid groups (broad SMARTS) is 1. The second-order valence-corrected chi connectivity index (χ2v) is 7.77. The van der Waals surface area contributed by atoms with E-state index >= 15 is 0 Å². The number of sulfonamides is 1. The number of benzene rings is 1. The molecule has 2 N–H and O–H groups in total.